The number of hydrogen-bond donors (Lipinski definition) is 1. The SMILES string of the molecule is CC(C)CNCC(C)C(C)N(C)C1CCCC(C)C1. The molecule has 1 rings (SSSR count). The van der Waals surface area contributed by atoms with Crippen LogP contribution in [0.25, 0.3) is 0 Å². The third-order valence-corrected chi connectivity index (χ3v) is 4.97. The van der Waals surface area contributed by atoms with Gasteiger partial charge in [-0.1, -0.05) is 40.5 Å². The fraction of sp³-hybridized carbons (Fsp3) is 1.00. The molecule has 0 spiro atoms. The zero-order valence-electron chi connectivity index (χ0n) is 14.1. The maximum atomic E-state index is 3.61. The van der Waals surface area contributed by atoms with Gasteiger partial charge in [0.1, 0.15) is 0 Å². The Morgan fingerprint density at radius 1 is 1.11 bits per heavy atom. The lowest BCUT2D eigenvalue weighted by Crippen LogP contribution is -2.46. The third kappa shape index (κ3) is 5.83. The Bertz CT molecular complexity index is 239. The van der Waals surface area contributed by atoms with E-state index in [2.05, 4.69) is 51.9 Å². The van der Waals surface area contributed by atoms with Gasteiger partial charge in [-0.05, 0) is 57.7 Å². The van der Waals surface area contributed by atoms with E-state index in [1.54, 1.807) is 0 Å². The van der Waals surface area contributed by atoms with Gasteiger partial charge in [-0.25, -0.2) is 0 Å². The van der Waals surface area contributed by atoms with Gasteiger partial charge in [0, 0.05) is 12.1 Å². The smallest absolute Gasteiger partial charge is 0.0105 e. The van der Waals surface area contributed by atoms with Gasteiger partial charge in [0.25, 0.3) is 0 Å². The molecule has 4 unspecified atom stereocenters. The van der Waals surface area contributed by atoms with Crippen molar-refractivity contribution in [2.75, 3.05) is 20.1 Å². The molecule has 1 aliphatic carbocycles. The zero-order valence-corrected chi connectivity index (χ0v) is 14.1. The monoisotopic (exact) mass is 268 g/mol. The molecule has 2 heteroatoms. The van der Waals surface area contributed by atoms with Crippen molar-refractivity contribution in [3.05, 3.63) is 0 Å². The lowest BCUT2D eigenvalue weighted by molar-refractivity contribution is 0.0976. The van der Waals surface area contributed by atoms with Crippen molar-refractivity contribution in [3.8, 4) is 0 Å². The summed E-state index contributed by atoms with van der Waals surface area (Å²) < 4.78 is 0. The van der Waals surface area contributed by atoms with E-state index < -0.39 is 0 Å². The highest BCUT2D eigenvalue weighted by Gasteiger charge is 2.27. The second-order valence-corrected chi connectivity index (χ2v) is 7.36. The highest BCUT2D eigenvalue weighted by atomic mass is 15.2. The molecule has 0 saturated heterocycles. The summed E-state index contributed by atoms with van der Waals surface area (Å²) >= 11 is 0. The molecule has 2 nitrogen and oxygen atoms in total. The molecule has 1 aliphatic rings. The van der Waals surface area contributed by atoms with Gasteiger partial charge in [-0.2, -0.15) is 0 Å². The van der Waals surface area contributed by atoms with Crippen LogP contribution in [0.2, 0.25) is 0 Å². The van der Waals surface area contributed by atoms with Crippen molar-refractivity contribution in [2.24, 2.45) is 17.8 Å². The van der Waals surface area contributed by atoms with E-state index in [1.165, 1.54) is 25.7 Å². The largest absolute Gasteiger partial charge is 0.316 e. The summed E-state index contributed by atoms with van der Waals surface area (Å²) in [7, 11) is 2.34. The maximum absolute atomic E-state index is 3.61. The summed E-state index contributed by atoms with van der Waals surface area (Å²) in [5.41, 5.74) is 0. The first-order valence-corrected chi connectivity index (χ1v) is 8.34. The van der Waals surface area contributed by atoms with Gasteiger partial charge in [0.15, 0.2) is 0 Å². The summed E-state index contributed by atoms with van der Waals surface area (Å²) in [6, 6.07) is 1.49. The van der Waals surface area contributed by atoms with Gasteiger partial charge in [0.2, 0.25) is 0 Å². The fourth-order valence-electron chi connectivity index (χ4n) is 3.28. The molecular formula is C17H36N2. The van der Waals surface area contributed by atoms with E-state index in [9.17, 15) is 0 Å². The molecule has 19 heavy (non-hydrogen) atoms. The quantitative estimate of drug-likeness (QED) is 0.756. The van der Waals surface area contributed by atoms with Crippen molar-refractivity contribution >= 4 is 0 Å². The fourth-order valence-corrected chi connectivity index (χ4v) is 3.28. The molecular weight excluding hydrogens is 232 g/mol. The molecule has 0 aromatic rings. The van der Waals surface area contributed by atoms with Crippen LogP contribution in [-0.2, 0) is 0 Å². The van der Waals surface area contributed by atoms with E-state index in [0.29, 0.717) is 6.04 Å². The first-order valence-electron chi connectivity index (χ1n) is 8.34. The summed E-state index contributed by atoms with van der Waals surface area (Å²) in [5.74, 6) is 2.39. The summed E-state index contributed by atoms with van der Waals surface area (Å²) in [4.78, 5) is 2.65. The summed E-state index contributed by atoms with van der Waals surface area (Å²) in [6.07, 6.45) is 5.65. The maximum Gasteiger partial charge on any atom is 0.0105 e. The molecule has 1 fully saturated rings. The molecule has 114 valence electrons. The molecule has 4 atom stereocenters. The van der Waals surface area contributed by atoms with E-state index in [0.717, 1.165) is 36.9 Å². The molecule has 0 radical (unpaired) electrons. The predicted molar refractivity (Wildman–Crippen MR) is 85.5 cm³/mol. The van der Waals surface area contributed by atoms with Crippen LogP contribution in [0.1, 0.15) is 60.3 Å². The van der Waals surface area contributed by atoms with Crippen molar-refractivity contribution in [1.29, 1.82) is 0 Å². The molecule has 1 saturated carbocycles. The van der Waals surface area contributed by atoms with E-state index in [-0.39, 0.29) is 0 Å². The highest BCUT2D eigenvalue weighted by molar-refractivity contribution is 4.82. The molecule has 1 N–H and O–H groups in total. The van der Waals surface area contributed by atoms with E-state index in [4.69, 9.17) is 0 Å². The van der Waals surface area contributed by atoms with Gasteiger partial charge in [-0.15, -0.1) is 0 Å². The van der Waals surface area contributed by atoms with E-state index >= 15 is 0 Å². The van der Waals surface area contributed by atoms with Crippen LogP contribution in [0.3, 0.4) is 0 Å². The van der Waals surface area contributed by atoms with E-state index in [1.807, 2.05) is 0 Å². The van der Waals surface area contributed by atoms with Crippen LogP contribution in [0, 0.1) is 17.8 Å². The van der Waals surface area contributed by atoms with Crippen LogP contribution < -0.4 is 5.32 Å². The van der Waals surface area contributed by atoms with Crippen molar-refractivity contribution < 1.29 is 0 Å². The predicted octanol–water partition coefficient (Wildman–Crippen LogP) is 3.77. The molecule has 0 aliphatic heterocycles. The van der Waals surface area contributed by atoms with Gasteiger partial charge in [-0.3, -0.25) is 0 Å². The lowest BCUT2D eigenvalue weighted by atomic mass is 9.85. The number of nitrogens with one attached hydrogen (secondary N) is 1. The average Bonchev–Trinajstić information content (AvgIpc) is 2.36. The normalized spacial score (nSPS) is 27.8. The Kier molecular flexibility index (Phi) is 7.38. The summed E-state index contributed by atoms with van der Waals surface area (Å²) in [5, 5.41) is 3.61. The Morgan fingerprint density at radius 2 is 1.79 bits per heavy atom. The Balaban J connectivity index is 2.35. The summed E-state index contributed by atoms with van der Waals surface area (Å²) in [6.45, 7) is 14.0. The number of nitrogens with zero attached hydrogens (tertiary/aromatic N) is 1. The first-order chi connectivity index (χ1) is 8.91. The lowest BCUT2D eigenvalue weighted by Gasteiger charge is -2.40. The van der Waals surface area contributed by atoms with Crippen LogP contribution in [-0.4, -0.2) is 37.1 Å². The Morgan fingerprint density at radius 3 is 2.37 bits per heavy atom. The Labute approximate surface area is 121 Å². The van der Waals surface area contributed by atoms with Crippen LogP contribution in [0.15, 0.2) is 0 Å². The van der Waals surface area contributed by atoms with Crippen LogP contribution >= 0.6 is 0 Å². The minimum atomic E-state index is 0.676. The number of rotatable bonds is 7. The topological polar surface area (TPSA) is 15.3 Å². The van der Waals surface area contributed by atoms with Crippen LogP contribution in [0.5, 0.6) is 0 Å². The molecule has 0 aromatic heterocycles. The van der Waals surface area contributed by atoms with Crippen molar-refractivity contribution in [2.45, 2.75) is 72.4 Å². The van der Waals surface area contributed by atoms with Gasteiger partial charge in [0.05, 0.1) is 0 Å². The minimum absolute atomic E-state index is 0.676. The molecule has 0 amide bonds. The van der Waals surface area contributed by atoms with Crippen molar-refractivity contribution in [1.82, 2.24) is 10.2 Å². The second kappa shape index (κ2) is 8.26. The zero-order chi connectivity index (χ0) is 14.4. The average molecular weight is 268 g/mol. The van der Waals surface area contributed by atoms with Crippen LogP contribution in [0.4, 0.5) is 0 Å². The second-order valence-electron chi connectivity index (χ2n) is 7.36. The minimum Gasteiger partial charge on any atom is -0.316 e. The number of hydrogen-bond acceptors (Lipinski definition) is 2. The first kappa shape index (κ1) is 17.0. The standard InChI is InChI=1S/C17H36N2/c1-13(2)11-18-12-15(4)16(5)19(6)17-9-7-8-14(3)10-17/h13-18H,7-12H2,1-6H3. The Hall–Kier alpha value is -0.0800. The third-order valence-electron chi connectivity index (χ3n) is 4.97. The van der Waals surface area contributed by atoms with Gasteiger partial charge < -0.3 is 10.2 Å². The van der Waals surface area contributed by atoms with Crippen molar-refractivity contribution in [3.63, 3.8) is 0 Å². The molecule has 0 heterocycles. The van der Waals surface area contributed by atoms with Gasteiger partial charge >= 0.3 is 0 Å². The molecule has 0 aromatic carbocycles. The highest BCUT2D eigenvalue weighted by Crippen LogP contribution is 2.28. The molecule has 0 bridgehead atoms.